The van der Waals surface area contributed by atoms with Gasteiger partial charge in [-0.1, -0.05) is 13.8 Å². The summed E-state index contributed by atoms with van der Waals surface area (Å²) in [6.45, 7) is 6.08. The summed E-state index contributed by atoms with van der Waals surface area (Å²) in [5, 5.41) is 5.96. The predicted molar refractivity (Wildman–Crippen MR) is 63.8 cm³/mol. The Labute approximate surface area is 97.2 Å². The van der Waals surface area contributed by atoms with Gasteiger partial charge >= 0.3 is 0 Å². The van der Waals surface area contributed by atoms with Crippen LogP contribution in [-0.2, 0) is 9.59 Å². The first-order valence-corrected chi connectivity index (χ1v) is 5.84. The summed E-state index contributed by atoms with van der Waals surface area (Å²) in [4.78, 5) is 22.0. The second-order valence-electron chi connectivity index (χ2n) is 3.92. The van der Waals surface area contributed by atoms with Crippen molar-refractivity contribution in [1.29, 1.82) is 0 Å². The highest BCUT2D eigenvalue weighted by atomic mass is 16.2. The molecule has 0 aromatic carbocycles. The van der Waals surface area contributed by atoms with Gasteiger partial charge in [-0.3, -0.25) is 9.59 Å². The molecule has 0 aliphatic carbocycles. The van der Waals surface area contributed by atoms with Gasteiger partial charge in [0.05, 0.1) is 0 Å². The lowest BCUT2D eigenvalue weighted by Gasteiger charge is -2.12. The molecule has 1 unspecified atom stereocenters. The van der Waals surface area contributed by atoms with Gasteiger partial charge in [0, 0.05) is 25.4 Å². The number of unbranched alkanes of at least 4 members (excludes halogenated alkanes) is 1. The molecular weight excluding hydrogens is 206 g/mol. The van der Waals surface area contributed by atoms with E-state index >= 15 is 0 Å². The third-order valence-electron chi connectivity index (χ3n) is 2.30. The van der Waals surface area contributed by atoms with Crippen LogP contribution in [-0.4, -0.2) is 31.4 Å². The second kappa shape index (κ2) is 9.15. The number of hydrogen-bond acceptors (Lipinski definition) is 3. The van der Waals surface area contributed by atoms with Crippen molar-refractivity contribution in [2.24, 2.45) is 11.7 Å². The summed E-state index contributed by atoms with van der Waals surface area (Å²) >= 11 is 0. The molecule has 0 radical (unpaired) electrons. The fourth-order valence-corrected chi connectivity index (χ4v) is 1.26. The number of carbonyl (C=O) groups excluding carboxylic acids is 2. The summed E-state index contributed by atoms with van der Waals surface area (Å²) in [6, 6.07) is 0. The molecule has 2 amide bonds. The summed E-state index contributed by atoms with van der Waals surface area (Å²) < 4.78 is 0. The van der Waals surface area contributed by atoms with Crippen LogP contribution >= 0.6 is 0 Å². The van der Waals surface area contributed by atoms with E-state index in [-0.39, 0.29) is 17.7 Å². The van der Waals surface area contributed by atoms with Gasteiger partial charge < -0.3 is 16.4 Å². The number of nitrogens with two attached hydrogens (primary N) is 1. The van der Waals surface area contributed by atoms with Crippen LogP contribution < -0.4 is 16.4 Å². The molecule has 0 rings (SSSR count). The minimum absolute atomic E-state index is 0.0175. The average molecular weight is 229 g/mol. The fourth-order valence-electron chi connectivity index (χ4n) is 1.26. The molecule has 5 heteroatoms. The monoisotopic (exact) mass is 229 g/mol. The van der Waals surface area contributed by atoms with Crippen molar-refractivity contribution >= 4 is 11.8 Å². The van der Waals surface area contributed by atoms with E-state index in [0.717, 1.165) is 19.4 Å². The van der Waals surface area contributed by atoms with Gasteiger partial charge in [0.15, 0.2) is 0 Å². The molecule has 16 heavy (non-hydrogen) atoms. The van der Waals surface area contributed by atoms with Crippen LogP contribution in [0.5, 0.6) is 0 Å². The van der Waals surface area contributed by atoms with Crippen LogP contribution in [0.1, 0.15) is 33.1 Å². The average Bonchev–Trinajstić information content (AvgIpc) is 2.24. The Morgan fingerprint density at radius 2 is 2.00 bits per heavy atom. The lowest BCUT2D eigenvalue weighted by molar-refractivity contribution is -0.124. The van der Waals surface area contributed by atoms with Crippen molar-refractivity contribution in [3.05, 3.63) is 0 Å². The standard InChI is InChI=1S/C11H23N3O2/c1-3-13-8-9(2)11(16)14-7-5-4-6-10(12)15/h9,13H,3-8H2,1-2H3,(H2,12,15)(H,14,16). The van der Waals surface area contributed by atoms with Gasteiger partial charge in [-0.25, -0.2) is 0 Å². The lowest BCUT2D eigenvalue weighted by Crippen LogP contribution is -2.35. The maximum absolute atomic E-state index is 11.5. The zero-order chi connectivity index (χ0) is 12.4. The van der Waals surface area contributed by atoms with Gasteiger partial charge in [0.1, 0.15) is 0 Å². The first-order chi connectivity index (χ1) is 7.57. The molecule has 94 valence electrons. The molecule has 4 N–H and O–H groups in total. The summed E-state index contributed by atoms with van der Waals surface area (Å²) in [5.41, 5.74) is 5.00. The summed E-state index contributed by atoms with van der Waals surface area (Å²) in [7, 11) is 0. The van der Waals surface area contributed by atoms with Crippen molar-refractivity contribution in [1.82, 2.24) is 10.6 Å². The molecular formula is C11H23N3O2. The molecule has 0 fully saturated rings. The molecule has 0 bridgehead atoms. The maximum atomic E-state index is 11.5. The lowest BCUT2D eigenvalue weighted by atomic mass is 10.1. The van der Waals surface area contributed by atoms with Crippen molar-refractivity contribution in [2.45, 2.75) is 33.1 Å². The van der Waals surface area contributed by atoms with Gasteiger partial charge in [-0.15, -0.1) is 0 Å². The Balaban J connectivity index is 3.45. The first-order valence-electron chi connectivity index (χ1n) is 5.84. The molecule has 5 nitrogen and oxygen atoms in total. The van der Waals surface area contributed by atoms with Crippen LogP contribution in [0.15, 0.2) is 0 Å². The van der Waals surface area contributed by atoms with E-state index in [9.17, 15) is 9.59 Å². The normalized spacial score (nSPS) is 12.1. The molecule has 0 saturated carbocycles. The van der Waals surface area contributed by atoms with E-state index in [1.54, 1.807) is 0 Å². The van der Waals surface area contributed by atoms with Crippen LogP contribution in [0, 0.1) is 5.92 Å². The highest BCUT2D eigenvalue weighted by Crippen LogP contribution is 1.95. The van der Waals surface area contributed by atoms with Crippen molar-refractivity contribution in [3.8, 4) is 0 Å². The molecule has 0 aromatic heterocycles. The SMILES string of the molecule is CCNCC(C)C(=O)NCCCCC(N)=O. The van der Waals surface area contributed by atoms with Crippen LogP contribution in [0.25, 0.3) is 0 Å². The molecule has 0 aromatic rings. The predicted octanol–water partition coefficient (Wildman–Crippen LogP) is 0.00380. The van der Waals surface area contributed by atoms with Crippen molar-refractivity contribution < 1.29 is 9.59 Å². The summed E-state index contributed by atoms with van der Waals surface area (Å²) in [5.74, 6) is -0.247. The minimum Gasteiger partial charge on any atom is -0.370 e. The quantitative estimate of drug-likeness (QED) is 0.487. The molecule has 0 aliphatic rings. The Hall–Kier alpha value is -1.10. The number of carbonyl (C=O) groups is 2. The Bertz CT molecular complexity index is 219. The Morgan fingerprint density at radius 3 is 2.56 bits per heavy atom. The van der Waals surface area contributed by atoms with Crippen LogP contribution in [0.3, 0.4) is 0 Å². The smallest absolute Gasteiger partial charge is 0.224 e. The number of primary amides is 1. The van der Waals surface area contributed by atoms with E-state index < -0.39 is 0 Å². The fraction of sp³-hybridized carbons (Fsp3) is 0.818. The highest BCUT2D eigenvalue weighted by Gasteiger charge is 2.10. The van der Waals surface area contributed by atoms with Crippen LogP contribution in [0.4, 0.5) is 0 Å². The molecule has 0 heterocycles. The van der Waals surface area contributed by atoms with Crippen molar-refractivity contribution in [2.75, 3.05) is 19.6 Å². The number of hydrogen-bond donors (Lipinski definition) is 3. The number of nitrogens with one attached hydrogen (secondary N) is 2. The van der Waals surface area contributed by atoms with E-state index in [1.807, 2.05) is 13.8 Å². The van der Waals surface area contributed by atoms with Gasteiger partial charge in [-0.05, 0) is 19.4 Å². The van der Waals surface area contributed by atoms with E-state index in [4.69, 9.17) is 5.73 Å². The van der Waals surface area contributed by atoms with Gasteiger partial charge in [0.25, 0.3) is 0 Å². The number of rotatable bonds is 9. The van der Waals surface area contributed by atoms with Crippen molar-refractivity contribution in [3.63, 3.8) is 0 Å². The topological polar surface area (TPSA) is 84.2 Å². The maximum Gasteiger partial charge on any atom is 0.224 e. The molecule has 0 saturated heterocycles. The largest absolute Gasteiger partial charge is 0.370 e. The Morgan fingerprint density at radius 1 is 1.31 bits per heavy atom. The van der Waals surface area contributed by atoms with E-state index in [0.29, 0.717) is 19.5 Å². The first kappa shape index (κ1) is 14.9. The van der Waals surface area contributed by atoms with Gasteiger partial charge in [-0.2, -0.15) is 0 Å². The third-order valence-corrected chi connectivity index (χ3v) is 2.30. The van der Waals surface area contributed by atoms with Crippen LogP contribution in [0.2, 0.25) is 0 Å². The van der Waals surface area contributed by atoms with E-state index in [1.165, 1.54) is 0 Å². The zero-order valence-electron chi connectivity index (χ0n) is 10.2. The van der Waals surface area contributed by atoms with E-state index in [2.05, 4.69) is 10.6 Å². The zero-order valence-corrected chi connectivity index (χ0v) is 10.2. The van der Waals surface area contributed by atoms with Gasteiger partial charge in [0.2, 0.25) is 11.8 Å². The molecule has 0 spiro atoms. The second-order valence-corrected chi connectivity index (χ2v) is 3.92. The highest BCUT2D eigenvalue weighted by molar-refractivity contribution is 5.78. The molecule has 0 aliphatic heterocycles. The third kappa shape index (κ3) is 8.23. The minimum atomic E-state index is -0.285. The Kier molecular flexibility index (Phi) is 8.52. The number of amides is 2. The summed E-state index contributed by atoms with van der Waals surface area (Å²) in [6.07, 6.45) is 1.92. The molecule has 1 atom stereocenters.